The molecule has 2 rings (SSSR count). The minimum Gasteiger partial charge on any atom is -0.394 e. The van der Waals surface area contributed by atoms with Gasteiger partial charge in [0.1, 0.15) is 0 Å². The van der Waals surface area contributed by atoms with Gasteiger partial charge in [0.15, 0.2) is 6.29 Å². The van der Waals surface area contributed by atoms with Crippen LogP contribution < -0.4 is 4.90 Å². The van der Waals surface area contributed by atoms with Crippen molar-refractivity contribution in [2.45, 2.75) is 31.5 Å². The zero-order valence-electron chi connectivity index (χ0n) is 10.9. The molecule has 0 radical (unpaired) electrons. The Morgan fingerprint density at radius 3 is 2.70 bits per heavy atom. The van der Waals surface area contributed by atoms with Gasteiger partial charge in [-0.3, -0.25) is 4.79 Å². The van der Waals surface area contributed by atoms with E-state index in [-0.39, 0.29) is 24.5 Å². The third kappa shape index (κ3) is 2.95. The van der Waals surface area contributed by atoms with Gasteiger partial charge < -0.3 is 10.0 Å². The number of benzene rings is 1. The van der Waals surface area contributed by atoms with Gasteiger partial charge in [0.2, 0.25) is 0 Å². The van der Waals surface area contributed by atoms with E-state index in [0.29, 0.717) is 12.2 Å². The molecule has 1 fully saturated rings. The normalized spacial score (nSPS) is 20.0. The van der Waals surface area contributed by atoms with Crippen LogP contribution in [0.5, 0.6) is 0 Å². The molecule has 1 aromatic rings. The van der Waals surface area contributed by atoms with E-state index in [1.807, 2.05) is 0 Å². The summed E-state index contributed by atoms with van der Waals surface area (Å²) in [5, 5.41) is 9.33. The second kappa shape index (κ2) is 5.83. The van der Waals surface area contributed by atoms with Crippen LogP contribution in [0.25, 0.3) is 0 Å². The molecule has 1 unspecified atom stereocenters. The summed E-state index contributed by atoms with van der Waals surface area (Å²) in [5.74, 6) is 0. The second-order valence-electron chi connectivity index (χ2n) is 4.91. The molecule has 3 nitrogen and oxygen atoms in total. The number of carbonyl (C=O) groups excluding carboxylic acids is 1. The Labute approximate surface area is 115 Å². The molecule has 1 heterocycles. The lowest BCUT2D eigenvalue weighted by Crippen LogP contribution is -2.42. The van der Waals surface area contributed by atoms with Gasteiger partial charge in [-0.1, -0.05) is 0 Å². The first kappa shape index (κ1) is 14.8. The van der Waals surface area contributed by atoms with Crippen LogP contribution in [0, 0.1) is 0 Å². The van der Waals surface area contributed by atoms with Gasteiger partial charge in [-0.05, 0) is 37.5 Å². The number of hydrogen-bond donors (Lipinski definition) is 1. The Morgan fingerprint density at radius 1 is 1.35 bits per heavy atom. The number of hydrogen-bond acceptors (Lipinski definition) is 3. The van der Waals surface area contributed by atoms with E-state index < -0.39 is 11.7 Å². The minimum absolute atomic E-state index is 0.0865. The average molecular weight is 287 g/mol. The van der Waals surface area contributed by atoms with Crippen molar-refractivity contribution in [1.82, 2.24) is 0 Å². The van der Waals surface area contributed by atoms with Crippen LogP contribution in [0.3, 0.4) is 0 Å². The van der Waals surface area contributed by atoms with E-state index in [2.05, 4.69) is 0 Å². The highest BCUT2D eigenvalue weighted by atomic mass is 19.4. The summed E-state index contributed by atoms with van der Waals surface area (Å²) in [7, 11) is 0. The number of nitrogens with zero attached hydrogens (tertiary/aromatic N) is 1. The number of carbonyl (C=O) groups is 1. The molecule has 0 aliphatic carbocycles. The molecule has 1 aliphatic rings. The molecular formula is C14H16F3NO2. The highest BCUT2D eigenvalue weighted by Gasteiger charge is 2.34. The fourth-order valence-electron chi connectivity index (χ4n) is 2.60. The third-order valence-corrected chi connectivity index (χ3v) is 3.64. The Hall–Kier alpha value is -1.56. The van der Waals surface area contributed by atoms with Crippen molar-refractivity contribution in [1.29, 1.82) is 0 Å². The molecule has 1 N–H and O–H groups in total. The number of aldehydes is 1. The lowest BCUT2D eigenvalue weighted by Gasteiger charge is -2.37. The summed E-state index contributed by atoms with van der Waals surface area (Å²) in [4.78, 5) is 12.5. The highest BCUT2D eigenvalue weighted by Crippen LogP contribution is 2.35. The predicted molar refractivity (Wildman–Crippen MR) is 68.9 cm³/mol. The Morgan fingerprint density at radius 2 is 2.10 bits per heavy atom. The summed E-state index contributed by atoms with van der Waals surface area (Å²) in [6.07, 6.45) is -1.75. The standard InChI is InChI=1S/C14H16F3NO2/c15-14(16,17)13-7-11(5-4-10(13)8-19)18-6-2-1-3-12(18)9-20/h4-5,7-8,12,20H,1-3,6,9H2. The molecule has 0 spiro atoms. The fraction of sp³-hybridized carbons (Fsp3) is 0.500. The summed E-state index contributed by atoms with van der Waals surface area (Å²) in [5.41, 5.74) is -0.882. The molecule has 1 saturated heterocycles. The molecule has 1 atom stereocenters. The van der Waals surface area contributed by atoms with Gasteiger partial charge in [0, 0.05) is 17.8 Å². The van der Waals surface area contributed by atoms with E-state index in [4.69, 9.17) is 0 Å². The van der Waals surface area contributed by atoms with E-state index in [9.17, 15) is 23.1 Å². The summed E-state index contributed by atoms with van der Waals surface area (Å²) in [6.45, 7) is 0.528. The molecule has 6 heteroatoms. The van der Waals surface area contributed by atoms with Gasteiger partial charge in [-0.15, -0.1) is 0 Å². The van der Waals surface area contributed by atoms with Crippen molar-refractivity contribution < 1.29 is 23.1 Å². The van der Waals surface area contributed by atoms with Crippen molar-refractivity contribution in [2.75, 3.05) is 18.1 Å². The Bertz CT molecular complexity index is 488. The Kier molecular flexibility index (Phi) is 4.32. The Balaban J connectivity index is 2.39. The van der Waals surface area contributed by atoms with Crippen molar-refractivity contribution in [2.24, 2.45) is 0 Å². The van der Waals surface area contributed by atoms with Crippen LogP contribution in [0.1, 0.15) is 35.2 Å². The lowest BCUT2D eigenvalue weighted by molar-refractivity contribution is -0.137. The topological polar surface area (TPSA) is 40.5 Å². The maximum absolute atomic E-state index is 12.9. The molecule has 1 aromatic carbocycles. The lowest BCUT2D eigenvalue weighted by atomic mass is 10.00. The molecule has 20 heavy (non-hydrogen) atoms. The molecule has 0 saturated carbocycles. The van der Waals surface area contributed by atoms with Gasteiger partial charge >= 0.3 is 6.18 Å². The maximum atomic E-state index is 12.9. The quantitative estimate of drug-likeness (QED) is 0.869. The van der Waals surface area contributed by atoms with Crippen LogP contribution in [0.4, 0.5) is 18.9 Å². The summed E-state index contributed by atoms with van der Waals surface area (Å²) >= 11 is 0. The summed E-state index contributed by atoms with van der Waals surface area (Å²) < 4.78 is 38.8. The zero-order valence-corrected chi connectivity index (χ0v) is 10.9. The molecule has 0 aromatic heterocycles. The molecule has 0 bridgehead atoms. The first-order chi connectivity index (χ1) is 9.47. The molecule has 1 aliphatic heterocycles. The van der Waals surface area contributed by atoms with E-state index in [0.717, 1.165) is 25.3 Å². The van der Waals surface area contributed by atoms with Crippen LogP contribution in [-0.2, 0) is 6.18 Å². The zero-order chi connectivity index (χ0) is 14.8. The number of halogens is 3. The van der Waals surface area contributed by atoms with Crippen LogP contribution >= 0.6 is 0 Å². The van der Waals surface area contributed by atoms with Crippen molar-refractivity contribution >= 4 is 12.0 Å². The number of aliphatic hydroxyl groups is 1. The molecule has 0 amide bonds. The number of rotatable bonds is 3. The van der Waals surface area contributed by atoms with E-state index in [1.54, 1.807) is 4.90 Å². The fourth-order valence-corrected chi connectivity index (χ4v) is 2.60. The van der Waals surface area contributed by atoms with Crippen LogP contribution in [0.2, 0.25) is 0 Å². The number of aliphatic hydroxyl groups excluding tert-OH is 1. The first-order valence-electron chi connectivity index (χ1n) is 6.51. The van der Waals surface area contributed by atoms with Crippen LogP contribution in [-0.4, -0.2) is 30.6 Å². The number of piperidine rings is 1. The SMILES string of the molecule is O=Cc1ccc(N2CCCCC2CO)cc1C(F)(F)F. The monoisotopic (exact) mass is 287 g/mol. The number of anilines is 1. The maximum Gasteiger partial charge on any atom is 0.417 e. The van der Waals surface area contributed by atoms with Gasteiger partial charge in [0.05, 0.1) is 18.2 Å². The predicted octanol–water partition coefficient (Wildman–Crippen LogP) is 2.87. The van der Waals surface area contributed by atoms with Gasteiger partial charge in [-0.25, -0.2) is 0 Å². The number of alkyl halides is 3. The summed E-state index contributed by atoms with van der Waals surface area (Å²) in [6, 6.07) is 3.53. The minimum atomic E-state index is -4.56. The largest absolute Gasteiger partial charge is 0.417 e. The average Bonchev–Trinajstić information content (AvgIpc) is 2.45. The van der Waals surface area contributed by atoms with Gasteiger partial charge in [-0.2, -0.15) is 13.2 Å². The second-order valence-corrected chi connectivity index (χ2v) is 4.91. The van der Waals surface area contributed by atoms with Crippen LogP contribution in [0.15, 0.2) is 18.2 Å². The molecular weight excluding hydrogens is 271 g/mol. The van der Waals surface area contributed by atoms with Gasteiger partial charge in [0.25, 0.3) is 0 Å². The smallest absolute Gasteiger partial charge is 0.394 e. The molecule has 110 valence electrons. The third-order valence-electron chi connectivity index (χ3n) is 3.64. The van der Waals surface area contributed by atoms with E-state index >= 15 is 0 Å². The van der Waals surface area contributed by atoms with E-state index in [1.165, 1.54) is 12.1 Å². The van der Waals surface area contributed by atoms with Crippen molar-refractivity contribution in [3.8, 4) is 0 Å². The first-order valence-corrected chi connectivity index (χ1v) is 6.51. The van der Waals surface area contributed by atoms with Crippen molar-refractivity contribution in [3.63, 3.8) is 0 Å². The highest BCUT2D eigenvalue weighted by molar-refractivity contribution is 5.79. The van der Waals surface area contributed by atoms with Crippen molar-refractivity contribution in [3.05, 3.63) is 29.3 Å².